The number of aliphatic hydroxyl groups is 1. The fourth-order valence-electron chi connectivity index (χ4n) is 3.69. The number of nitrogens with zero attached hydrogens (tertiary/aromatic N) is 1. The Morgan fingerprint density at radius 1 is 0.968 bits per heavy atom. The molecule has 6 nitrogen and oxygen atoms in total. The highest BCUT2D eigenvalue weighted by Gasteiger charge is 2.24. The van der Waals surface area contributed by atoms with Gasteiger partial charge in [-0.05, 0) is 49.4 Å². The maximum atomic E-state index is 11.3. The van der Waals surface area contributed by atoms with E-state index in [-0.39, 0.29) is 6.04 Å². The summed E-state index contributed by atoms with van der Waals surface area (Å²) in [7, 11) is 0. The van der Waals surface area contributed by atoms with Crippen LogP contribution in [-0.2, 0) is 12.8 Å². The fraction of sp³-hybridized carbons (Fsp3) is 0.280. The zero-order valence-corrected chi connectivity index (χ0v) is 17.6. The molecular weight excluding hydrogens is 390 g/mol. The van der Waals surface area contributed by atoms with Gasteiger partial charge in [-0.25, -0.2) is 4.79 Å². The lowest BCUT2D eigenvalue weighted by Crippen LogP contribution is -2.46. The van der Waals surface area contributed by atoms with Crippen molar-refractivity contribution in [3.63, 3.8) is 0 Å². The summed E-state index contributed by atoms with van der Waals surface area (Å²) in [5, 5.41) is 22.4. The number of rotatable bonds is 9. The Hall–Kier alpha value is -3.22. The van der Waals surface area contributed by atoms with E-state index in [1.165, 1.54) is 0 Å². The van der Waals surface area contributed by atoms with Crippen LogP contribution in [0.15, 0.2) is 72.8 Å². The van der Waals surface area contributed by atoms with Gasteiger partial charge in [0.1, 0.15) is 0 Å². The average Bonchev–Trinajstić information content (AvgIpc) is 2.74. The first-order valence-electron chi connectivity index (χ1n) is 10.4. The summed E-state index contributed by atoms with van der Waals surface area (Å²) in [6.45, 7) is 1.95. The van der Waals surface area contributed by atoms with E-state index in [0.717, 1.165) is 28.1 Å². The minimum Gasteiger partial charge on any atom is -0.465 e. The second-order valence-corrected chi connectivity index (χ2v) is 7.87. The molecule has 0 aliphatic carbocycles. The Morgan fingerprint density at radius 3 is 2.29 bits per heavy atom. The third kappa shape index (κ3) is 6.91. The van der Waals surface area contributed by atoms with Gasteiger partial charge in [-0.3, -0.25) is 4.98 Å². The molecule has 0 aliphatic heterocycles. The van der Waals surface area contributed by atoms with E-state index in [1.807, 2.05) is 79.7 Å². The monoisotopic (exact) mass is 419 g/mol. The summed E-state index contributed by atoms with van der Waals surface area (Å²) in [6, 6.07) is 22.6. The van der Waals surface area contributed by atoms with Crippen molar-refractivity contribution < 1.29 is 15.0 Å². The second kappa shape index (κ2) is 10.7. The van der Waals surface area contributed by atoms with Crippen LogP contribution in [0.1, 0.15) is 23.2 Å². The van der Waals surface area contributed by atoms with Crippen LogP contribution in [0.3, 0.4) is 0 Å². The van der Waals surface area contributed by atoms with Gasteiger partial charge in [-0.2, -0.15) is 0 Å². The largest absolute Gasteiger partial charge is 0.465 e. The van der Waals surface area contributed by atoms with E-state index < -0.39 is 18.2 Å². The van der Waals surface area contributed by atoms with Gasteiger partial charge >= 0.3 is 6.09 Å². The van der Waals surface area contributed by atoms with E-state index >= 15 is 0 Å². The van der Waals surface area contributed by atoms with E-state index in [2.05, 4.69) is 10.3 Å². The highest BCUT2D eigenvalue weighted by Crippen LogP contribution is 2.19. The molecule has 3 atom stereocenters. The number of carbonyl (C=O) groups is 1. The minimum atomic E-state index is -1.17. The highest BCUT2D eigenvalue weighted by atomic mass is 16.4. The zero-order chi connectivity index (χ0) is 22.2. The molecule has 0 radical (unpaired) electrons. The number of nitrogens with one attached hydrogen (secondary N) is 1. The number of pyridine rings is 1. The summed E-state index contributed by atoms with van der Waals surface area (Å²) in [6.07, 6.45) is -0.775. The molecule has 1 heterocycles. The van der Waals surface area contributed by atoms with Crippen LogP contribution < -0.4 is 11.1 Å². The number of aliphatic hydroxyl groups excluding tert-OH is 1. The van der Waals surface area contributed by atoms with Crippen LogP contribution >= 0.6 is 0 Å². The van der Waals surface area contributed by atoms with E-state index in [1.54, 1.807) is 0 Å². The number of amides is 1. The molecule has 3 rings (SSSR count). The maximum Gasteiger partial charge on any atom is 0.404 e. The molecule has 1 amide bonds. The van der Waals surface area contributed by atoms with Crippen molar-refractivity contribution in [3.8, 4) is 11.3 Å². The fourth-order valence-corrected chi connectivity index (χ4v) is 3.69. The lowest BCUT2D eigenvalue weighted by molar-refractivity contribution is 0.105. The summed E-state index contributed by atoms with van der Waals surface area (Å²) in [4.78, 5) is 15.8. The van der Waals surface area contributed by atoms with Crippen molar-refractivity contribution in [3.05, 3.63) is 89.6 Å². The van der Waals surface area contributed by atoms with Gasteiger partial charge in [-0.15, -0.1) is 0 Å². The van der Waals surface area contributed by atoms with Gasteiger partial charge in [0.25, 0.3) is 0 Å². The first-order valence-corrected chi connectivity index (χ1v) is 10.4. The predicted octanol–water partition coefficient (Wildman–Crippen LogP) is 3.56. The average molecular weight is 420 g/mol. The van der Waals surface area contributed by atoms with Crippen molar-refractivity contribution in [2.75, 3.05) is 0 Å². The maximum absolute atomic E-state index is 11.3. The quantitative estimate of drug-likeness (QED) is 0.424. The first kappa shape index (κ1) is 22.5. The molecule has 0 aliphatic rings. The molecule has 3 aromatic rings. The smallest absolute Gasteiger partial charge is 0.404 e. The van der Waals surface area contributed by atoms with Gasteiger partial charge < -0.3 is 21.3 Å². The van der Waals surface area contributed by atoms with Crippen LogP contribution in [-0.4, -0.2) is 39.5 Å². The third-order valence-electron chi connectivity index (χ3n) is 5.25. The Bertz CT molecular complexity index is 977. The third-order valence-corrected chi connectivity index (χ3v) is 5.25. The van der Waals surface area contributed by atoms with Crippen LogP contribution in [0.2, 0.25) is 0 Å². The Labute approximate surface area is 182 Å². The molecule has 2 aromatic carbocycles. The summed E-state index contributed by atoms with van der Waals surface area (Å²) in [5.41, 5.74) is 11.1. The Morgan fingerprint density at radius 2 is 1.65 bits per heavy atom. The summed E-state index contributed by atoms with van der Waals surface area (Å²) < 4.78 is 0. The first-order chi connectivity index (χ1) is 14.9. The van der Waals surface area contributed by atoms with Gasteiger partial charge in [0.05, 0.1) is 17.8 Å². The number of aryl methyl sites for hydroxylation is 1. The Kier molecular flexibility index (Phi) is 7.76. The number of benzene rings is 2. The number of aromatic nitrogens is 1. The normalized spacial score (nSPS) is 13.9. The molecular formula is C25H29N3O3. The van der Waals surface area contributed by atoms with Crippen LogP contribution in [0.25, 0.3) is 11.3 Å². The topological polar surface area (TPSA) is 108 Å². The molecule has 0 saturated carbocycles. The van der Waals surface area contributed by atoms with Crippen LogP contribution in [0.5, 0.6) is 0 Å². The van der Waals surface area contributed by atoms with E-state index in [9.17, 15) is 15.0 Å². The molecule has 0 saturated heterocycles. The molecule has 0 unspecified atom stereocenters. The van der Waals surface area contributed by atoms with Gasteiger partial charge in [-0.1, -0.05) is 60.7 Å². The van der Waals surface area contributed by atoms with E-state index in [0.29, 0.717) is 19.3 Å². The summed E-state index contributed by atoms with van der Waals surface area (Å²) in [5.74, 6) is 0. The lowest BCUT2D eigenvalue weighted by atomic mass is 9.94. The zero-order valence-electron chi connectivity index (χ0n) is 17.6. The van der Waals surface area contributed by atoms with Gasteiger partial charge in [0, 0.05) is 17.3 Å². The molecule has 6 heteroatoms. The second-order valence-electron chi connectivity index (χ2n) is 7.87. The summed E-state index contributed by atoms with van der Waals surface area (Å²) >= 11 is 0. The highest BCUT2D eigenvalue weighted by molar-refractivity contribution is 5.65. The van der Waals surface area contributed by atoms with Crippen LogP contribution in [0.4, 0.5) is 4.79 Å². The molecule has 5 N–H and O–H groups in total. The van der Waals surface area contributed by atoms with Gasteiger partial charge in [0.15, 0.2) is 0 Å². The van der Waals surface area contributed by atoms with E-state index in [4.69, 9.17) is 5.73 Å². The van der Waals surface area contributed by atoms with Crippen molar-refractivity contribution in [1.82, 2.24) is 10.3 Å². The molecule has 162 valence electrons. The van der Waals surface area contributed by atoms with Crippen LogP contribution in [0, 0.1) is 6.92 Å². The standard InChI is InChI=1S/C25H29N3O3/c1-17-6-5-9-22(27-17)20-12-10-19(11-13-20)15-23(28-25(30)31)24(29)16-21(26)14-18-7-3-2-4-8-18/h2-13,21,23-24,28-29H,14-16,26H2,1H3,(H,30,31)/t21-,23-,24-/m0/s1. The molecule has 0 fully saturated rings. The number of hydrogen-bond donors (Lipinski definition) is 4. The Balaban J connectivity index is 1.65. The number of carboxylic acid groups (broad SMARTS) is 1. The SMILES string of the molecule is Cc1cccc(-c2ccc(C[C@H](NC(=O)O)[C@@H](O)C[C@@H](N)Cc3ccccc3)cc2)n1. The number of nitrogens with two attached hydrogens (primary N) is 1. The van der Waals surface area contributed by atoms with Crippen molar-refractivity contribution in [2.24, 2.45) is 5.73 Å². The minimum absolute atomic E-state index is 0.273. The number of hydrogen-bond acceptors (Lipinski definition) is 4. The molecule has 31 heavy (non-hydrogen) atoms. The van der Waals surface area contributed by atoms with Crippen molar-refractivity contribution >= 4 is 6.09 Å². The van der Waals surface area contributed by atoms with Crippen molar-refractivity contribution in [2.45, 2.75) is 44.4 Å². The lowest BCUT2D eigenvalue weighted by Gasteiger charge is -2.25. The predicted molar refractivity (Wildman–Crippen MR) is 122 cm³/mol. The van der Waals surface area contributed by atoms with Gasteiger partial charge in [0.2, 0.25) is 0 Å². The molecule has 1 aromatic heterocycles. The van der Waals surface area contributed by atoms with Crippen molar-refractivity contribution in [1.29, 1.82) is 0 Å². The molecule has 0 bridgehead atoms. The molecule has 0 spiro atoms.